The molecule has 1 unspecified atom stereocenters. The van der Waals surface area contributed by atoms with E-state index in [9.17, 15) is 4.79 Å². The van der Waals surface area contributed by atoms with Crippen molar-refractivity contribution in [1.82, 2.24) is 4.98 Å². The minimum Gasteiger partial charge on any atom is -0.486 e. The molecule has 0 radical (unpaired) electrons. The van der Waals surface area contributed by atoms with Crippen molar-refractivity contribution in [3.63, 3.8) is 0 Å². The van der Waals surface area contributed by atoms with Crippen molar-refractivity contribution in [3.05, 3.63) is 46.0 Å². The minimum atomic E-state index is -0.104. The summed E-state index contributed by atoms with van der Waals surface area (Å²) in [7, 11) is 2.18. The van der Waals surface area contributed by atoms with Crippen molar-refractivity contribution >= 4 is 33.0 Å². The molecule has 6 nitrogen and oxygen atoms in total. The van der Waals surface area contributed by atoms with Crippen LogP contribution in [0.4, 0.5) is 5.69 Å². The number of ketones is 1. The van der Waals surface area contributed by atoms with Crippen LogP contribution in [0.1, 0.15) is 26.5 Å². The molecule has 0 bridgehead atoms. The van der Waals surface area contributed by atoms with E-state index >= 15 is 0 Å². The molecule has 1 atom stereocenters. The van der Waals surface area contributed by atoms with Crippen LogP contribution in [-0.2, 0) is 13.0 Å². The first-order valence-electron chi connectivity index (χ1n) is 9.06. The first-order chi connectivity index (χ1) is 13.1. The largest absolute Gasteiger partial charge is 0.486 e. The second kappa shape index (κ2) is 6.21. The van der Waals surface area contributed by atoms with Gasteiger partial charge in [-0.05, 0) is 24.3 Å². The lowest BCUT2D eigenvalue weighted by atomic mass is 10.0. The molecule has 7 heteroatoms. The van der Waals surface area contributed by atoms with Gasteiger partial charge in [0, 0.05) is 22.9 Å². The number of thiophene rings is 1. The van der Waals surface area contributed by atoms with E-state index in [2.05, 4.69) is 13.1 Å². The SMILES string of the molecule is C[NH+]1CCc2nc3sc(C(=O)c4ccc5c(c4)OCCO5)c(N)c3cc2C1. The Hall–Kier alpha value is -2.64. The summed E-state index contributed by atoms with van der Waals surface area (Å²) in [6, 6.07) is 7.39. The van der Waals surface area contributed by atoms with Gasteiger partial charge in [-0.1, -0.05) is 0 Å². The molecule has 0 saturated carbocycles. The highest BCUT2D eigenvalue weighted by Gasteiger charge is 2.24. The smallest absolute Gasteiger partial charge is 0.205 e. The van der Waals surface area contributed by atoms with Crippen molar-refractivity contribution in [2.75, 3.05) is 32.5 Å². The number of nitrogens with zero attached hydrogens (tertiary/aromatic N) is 1. The number of hydrogen-bond donors (Lipinski definition) is 2. The van der Waals surface area contributed by atoms with Crippen molar-refractivity contribution in [2.24, 2.45) is 0 Å². The van der Waals surface area contributed by atoms with Crippen LogP contribution in [0.3, 0.4) is 0 Å². The Labute approximate surface area is 160 Å². The number of aromatic nitrogens is 1. The number of likely N-dealkylation sites (N-methyl/N-ethyl adjacent to an activating group) is 1. The Balaban J connectivity index is 1.56. The van der Waals surface area contributed by atoms with E-state index in [0.29, 0.717) is 40.8 Å². The van der Waals surface area contributed by atoms with Crippen LogP contribution in [0, 0.1) is 0 Å². The third-order valence-corrected chi connectivity index (χ3v) is 6.30. The summed E-state index contributed by atoms with van der Waals surface area (Å²) >= 11 is 1.37. The lowest BCUT2D eigenvalue weighted by Gasteiger charge is -2.21. The molecule has 3 aromatic rings. The van der Waals surface area contributed by atoms with Crippen LogP contribution >= 0.6 is 11.3 Å². The fourth-order valence-electron chi connectivity index (χ4n) is 3.72. The highest BCUT2D eigenvalue weighted by atomic mass is 32.1. The third-order valence-electron chi connectivity index (χ3n) is 5.18. The van der Waals surface area contributed by atoms with E-state index in [4.69, 9.17) is 20.2 Å². The number of fused-ring (bicyclic) bond motifs is 3. The molecular weight excluding hydrogens is 362 g/mol. The zero-order chi connectivity index (χ0) is 18.5. The lowest BCUT2D eigenvalue weighted by molar-refractivity contribution is -0.895. The number of nitrogens with two attached hydrogens (primary N) is 1. The Bertz CT molecular complexity index is 1080. The number of anilines is 1. The van der Waals surface area contributed by atoms with E-state index in [1.54, 1.807) is 18.2 Å². The van der Waals surface area contributed by atoms with E-state index in [-0.39, 0.29) is 5.78 Å². The second-order valence-electron chi connectivity index (χ2n) is 7.11. The highest BCUT2D eigenvalue weighted by Crippen LogP contribution is 2.37. The minimum absolute atomic E-state index is 0.104. The normalized spacial score (nSPS) is 18.3. The predicted octanol–water partition coefficient (Wildman–Crippen LogP) is 1.45. The summed E-state index contributed by atoms with van der Waals surface area (Å²) < 4.78 is 11.1. The van der Waals surface area contributed by atoms with Gasteiger partial charge < -0.3 is 20.1 Å². The number of carbonyl (C=O) groups is 1. The number of quaternary nitrogens is 1. The molecular formula is C20H20N3O3S+. The molecule has 5 rings (SSSR count). The van der Waals surface area contributed by atoms with Gasteiger partial charge in [0.25, 0.3) is 0 Å². The average molecular weight is 382 g/mol. The van der Waals surface area contributed by atoms with Crippen LogP contribution in [-0.4, -0.2) is 37.6 Å². The quantitative estimate of drug-likeness (QED) is 0.656. The van der Waals surface area contributed by atoms with Crippen molar-refractivity contribution in [1.29, 1.82) is 0 Å². The third kappa shape index (κ3) is 2.74. The summed E-state index contributed by atoms with van der Waals surface area (Å²) in [6.45, 7) is 3.03. The zero-order valence-corrected chi connectivity index (χ0v) is 15.8. The maximum Gasteiger partial charge on any atom is 0.205 e. The summed E-state index contributed by atoms with van der Waals surface area (Å²) in [4.78, 5) is 20.7. The van der Waals surface area contributed by atoms with Crippen molar-refractivity contribution in [3.8, 4) is 11.5 Å². The molecule has 0 amide bonds. The maximum absolute atomic E-state index is 13.1. The standard InChI is InChI=1S/C20H19N3O3S/c1-23-5-4-14-12(10-23)8-13-17(21)19(27-20(13)22-14)18(24)11-2-3-15-16(9-11)26-7-6-25-15/h2-3,8-9H,4-7,10,21H2,1H3/p+1. The van der Waals surface area contributed by atoms with E-state index < -0.39 is 0 Å². The second-order valence-corrected chi connectivity index (χ2v) is 8.11. The number of nitrogen functional groups attached to an aromatic ring is 1. The first-order valence-corrected chi connectivity index (χ1v) is 9.88. The number of ether oxygens (including phenoxy) is 2. The predicted molar refractivity (Wildman–Crippen MR) is 104 cm³/mol. The summed E-state index contributed by atoms with van der Waals surface area (Å²) in [5, 5.41) is 0.884. The van der Waals surface area contributed by atoms with E-state index in [0.717, 1.165) is 35.4 Å². The fourth-order valence-corrected chi connectivity index (χ4v) is 4.78. The van der Waals surface area contributed by atoms with Gasteiger partial charge in [-0.3, -0.25) is 4.79 Å². The first kappa shape index (κ1) is 16.5. The molecule has 4 heterocycles. The molecule has 0 spiro atoms. The number of carbonyl (C=O) groups excluding carboxylic acids is 1. The van der Waals surface area contributed by atoms with Gasteiger partial charge in [-0.15, -0.1) is 11.3 Å². The van der Waals surface area contributed by atoms with Crippen molar-refractivity contribution < 1.29 is 19.2 Å². The molecule has 27 heavy (non-hydrogen) atoms. The average Bonchev–Trinajstić information content (AvgIpc) is 3.01. The topological polar surface area (TPSA) is 78.9 Å². The monoisotopic (exact) mass is 382 g/mol. The van der Waals surface area contributed by atoms with Gasteiger partial charge in [0.1, 0.15) is 29.5 Å². The number of benzene rings is 1. The maximum atomic E-state index is 13.1. The number of hydrogen-bond acceptors (Lipinski definition) is 6. The molecule has 0 saturated heterocycles. The summed E-state index contributed by atoms with van der Waals surface area (Å²) in [6.07, 6.45) is 0.959. The fraction of sp³-hybridized carbons (Fsp3) is 0.300. The number of nitrogens with one attached hydrogen (secondary N) is 1. The van der Waals surface area contributed by atoms with Crippen LogP contribution < -0.4 is 20.1 Å². The molecule has 2 aromatic heterocycles. The molecule has 2 aliphatic rings. The van der Waals surface area contributed by atoms with Crippen LogP contribution in [0.25, 0.3) is 10.2 Å². The van der Waals surface area contributed by atoms with Gasteiger partial charge in [-0.25, -0.2) is 4.98 Å². The summed E-state index contributed by atoms with van der Waals surface area (Å²) in [5.74, 6) is 1.17. The molecule has 1 aromatic carbocycles. The Morgan fingerprint density at radius 2 is 2.04 bits per heavy atom. The van der Waals surface area contributed by atoms with Gasteiger partial charge in [0.05, 0.1) is 25.0 Å². The Morgan fingerprint density at radius 1 is 1.22 bits per heavy atom. The molecule has 138 valence electrons. The molecule has 0 fully saturated rings. The van der Waals surface area contributed by atoms with Crippen LogP contribution in [0.5, 0.6) is 11.5 Å². The number of pyridine rings is 1. The van der Waals surface area contributed by atoms with E-state index in [1.165, 1.54) is 21.8 Å². The van der Waals surface area contributed by atoms with Crippen LogP contribution in [0.2, 0.25) is 0 Å². The van der Waals surface area contributed by atoms with Gasteiger partial charge in [-0.2, -0.15) is 0 Å². The van der Waals surface area contributed by atoms with E-state index in [1.807, 2.05) is 0 Å². The Kier molecular flexibility index (Phi) is 3.80. The highest BCUT2D eigenvalue weighted by molar-refractivity contribution is 7.21. The summed E-state index contributed by atoms with van der Waals surface area (Å²) in [5.41, 5.74) is 9.80. The molecule has 2 aliphatic heterocycles. The van der Waals surface area contributed by atoms with Gasteiger partial charge >= 0.3 is 0 Å². The molecule has 3 N–H and O–H groups in total. The van der Waals surface area contributed by atoms with Crippen LogP contribution in [0.15, 0.2) is 24.3 Å². The van der Waals surface area contributed by atoms with Gasteiger partial charge in [0.15, 0.2) is 11.5 Å². The lowest BCUT2D eigenvalue weighted by Crippen LogP contribution is -3.08. The number of rotatable bonds is 2. The zero-order valence-electron chi connectivity index (χ0n) is 15.0. The molecule has 0 aliphatic carbocycles. The van der Waals surface area contributed by atoms with Crippen molar-refractivity contribution in [2.45, 2.75) is 13.0 Å². The van der Waals surface area contributed by atoms with Gasteiger partial charge in [0.2, 0.25) is 5.78 Å². The Morgan fingerprint density at radius 3 is 2.89 bits per heavy atom.